The molecule has 6 nitrogen and oxygen atoms in total. The third-order valence-corrected chi connectivity index (χ3v) is 4.64. The summed E-state index contributed by atoms with van der Waals surface area (Å²) >= 11 is 0. The number of fused-ring (bicyclic) bond motifs is 1. The second kappa shape index (κ2) is 7.39. The fourth-order valence-corrected chi connectivity index (χ4v) is 3.22. The van der Waals surface area contributed by atoms with E-state index in [2.05, 4.69) is 21.6 Å². The summed E-state index contributed by atoms with van der Waals surface area (Å²) in [5, 5.41) is 10.7. The number of carbonyl (C=O) groups is 1. The van der Waals surface area contributed by atoms with E-state index < -0.39 is 0 Å². The highest BCUT2D eigenvalue weighted by Gasteiger charge is 2.18. The van der Waals surface area contributed by atoms with Crippen molar-refractivity contribution >= 4 is 5.91 Å². The van der Waals surface area contributed by atoms with Crippen LogP contribution >= 0.6 is 0 Å². The highest BCUT2D eigenvalue weighted by molar-refractivity contribution is 5.94. The minimum Gasteiger partial charge on any atom is -0.493 e. The van der Waals surface area contributed by atoms with Gasteiger partial charge in [-0.25, -0.2) is 0 Å². The van der Waals surface area contributed by atoms with Crippen molar-refractivity contribution in [1.82, 2.24) is 20.1 Å². The Kier molecular flexibility index (Phi) is 4.64. The molecule has 4 rings (SSSR count). The Balaban J connectivity index is 1.41. The first-order valence-electron chi connectivity index (χ1n) is 8.73. The average molecular weight is 348 g/mol. The zero-order chi connectivity index (χ0) is 17.8. The molecule has 0 saturated carbocycles. The lowest BCUT2D eigenvalue weighted by molar-refractivity contribution is 0.0945. The number of ether oxygens (including phenoxy) is 1. The van der Waals surface area contributed by atoms with Crippen LogP contribution in [0.2, 0.25) is 0 Å². The van der Waals surface area contributed by atoms with Gasteiger partial charge >= 0.3 is 0 Å². The van der Waals surface area contributed by atoms with Crippen molar-refractivity contribution in [2.75, 3.05) is 13.2 Å². The fraction of sp³-hybridized carbons (Fsp3) is 0.250. The Labute approximate surface area is 151 Å². The van der Waals surface area contributed by atoms with Gasteiger partial charge in [-0.05, 0) is 48.6 Å². The van der Waals surface area contributed by atoms with Crippen molar-refractivity contribution in [1.29, 1.82) is 0 Å². The van der Waals surface area contributed by atoms with E-state index in [1.807, 2.05) is 42.5 Å². The normalized spacial score (nSPS) is 16.2. The van der Waals surface area contributed by atoms with Crippen molar-refractivity contribution in [3.63, 3.8) is 0 Å². The number of nitrogens with one attached hydrogen (secondary N) is 1. The second-order valence-electron chi connectivity index (χ2n) is 6.44. The molecule has 1 amide bonds. The van der Waals surface area contributed by atoms with E-state index in [0.29, 0.717) is 24.6 Å². The number of para-hydroxylation sites is 1. The lowest BCUT2D eigenvalue weighted by atomic mass is 9.97. The van der Waals surface area contributed by atoms with Crippen molar-refractivity contribution < 1.29 is 9.53 Å². The van der Waals surface area contributed by atoms with Gasteiger partial charge < -0.3 is 10.1 Å². The predicted molar refractivity (Wildman–Crippen MR) is 97.4 cm³/mol. The number of hydrogen-bond donors (Lipinski definition) is 1. The van der Waals surface area contributed by atoms with E-state index in [0.717, 1.165) is 24.3 Å². The summed E-state index contributed by atoms with van der Waals surface area (Å²) in [4.78, 5) is 12.6. The summed E-state index contributed by atoms with van der Waals surface area (Å²) in [5.74, 6) is 1.25. The maximum atomic E-state index is 12.6. The largest absolute Gasteiger partial charge is 0.493 e. The Bertz CT molecular complexity index is 892. The molecule has 2 aromatic carbocycles. The molecule has 1 N–H and O–H groups in total. The van der Waals surface area contributed by atoms with Crippen molar-refractivity contribution in [2.45, 2.75) is 12.8 Å². The van der Waals surface area contributed by atoms with Gasteiger partial charge in [-0.15, -0.1) is 10.2 Å². The highest BCUT2D eigenvalue weighted by atomic mass is 16.5. The van der Waals surface area contributed by atoms with Gasteiger partial charge in [0.2, 0.25) is 0 Å². The topological polar surface area (TPSA) is 69.0 Å². The SMILES string of the molecule is O=C(NC[C@@H]1CCOc2ccccc2C1)c1cccc(-n2cnnc2)c1. The molecule has 1 aliphatic heterocycles. The van der Waals surface area contributed by atoms with E-state index in [-0.39, 0.29) is 5.91 Å². The van der Waals surface area contributed by atoms with E-state index in [1.165, 1.54) is 5.56 Å². The van der Waals surface area contributed by atoms with Crippen LogP contribution in [0.4, 0.5) is 0 Å². The smallest absolute Gasteiger partial charge is 0.251 e. The lowest BCUT2D eigenvalue weighted by Gasteiger charge is -2.15. The van der Waals surface area contributed by atoms with Crippen LogP contribution < -0.4 is 10.1 Å². The molecule has 26 heavy (non-hydrogen) atoms. The molecule has 0 bridgehead atoms. The quantitative estimate of drug-likeness (QED) is 0.787. The maximum absolute atomic E-state index is 12.6. The van der Waals surface area contributed by atoms with Gasteiger partial charge in [0.15, 0.2) is 0 Å². The van der Waals surface area contributed by atoms with Crippen LogP contribution in [-0.4, -0.2) is 33.8 Å². The highest BCUT2D eigenvalue weighted by Crippen LogP contribution is 2.26. The first kappa shape index (κ1) is 16.3. The molecule has 0 spiro atoms. The predicted octanol–water partition coefficient (Wildman–Crippen LogP) is 2.64. The van der Waals surface area contributed by atoms with Gasteiger partial charge in [-0.2, -0.15) is 0 Å². The average Bonchev–Trinajstić information content (AvgIpc) is 3.14. The van der Waals surface area contributed by atoms with Gasteiger partial charge in [0, 0.05) is 17.8 Å². The van der Waals surface area contributed by atoms with E-state index in [1.54, 1.807) is 17.2 Å². The van der Waals surface area contributed by atoms with Gasteiger partial charge in [-0.3, -0.25) is 9.36 Å². The molecular weight excluding hydrogens is 328 g/mol. The molecule has 0 aliphatic carbocycles. The molecule has 1 aromatic heterocycles. The molecule has 3 aromatic rings. The second-order valence-corrected chi connectivity index (χ2v) is 6.44. The third kappa shape index (κ3) is 3.59. The summed E-state index contributed by atoms with van der Waals surface area (Å²) in [6.07, 6.45) is 5.06. The molecule has 0 unspecified atom stereocenters. The van der Waals surface area contributed by atoms with Crippen molar-refractivity contribution in [3.8, 4) is 11.4 Å². The van der Waals surface area contributed by atoms with Crippen LogP contribution in [0.5, 0.6) is 5.75 Å². The Morgan fingerprint density at radius 3 is 2.88 bits per heavy atom. The van der Waals surface area contributed by atoms with Crippen LogP contribution in [0.3, 0.4) is 0 Å². The van der Waals surface area contributed by atoms with Gasteiger partial charge in [-0.1, -0.05) is 24.3 Å². The summed E-state index contributed by atoms with van der Waals surface area (Å²) < 4.78 is 7.57. The monoisotopic (exact) mass is 348 g/mol. The molecule has 1 aliphatic rings. The number of aromatic nitrogens is 3. The number of amides is 1. The van der Waals surface area contributed by atoms with E-state index >= 15 is 0 Å². The molecule has 0 fully saturated rings. The fourth-order valence-electron chi connectivity index (χ4n) is 3.22. The molecular formula is C20H20N4O2. The molecule has 0 saturated heterocycles. The van der Waals surface area contributed by atoms with Gasteiger partial charge in [0.05, 0.1) is 6.61 Å². The zero-order valence-corrected chi connectivity index (χ0v) is 14.3. The third-order valence-electron chi connectivity index (χ3n) is 4.64. The number of nitrogens with zero attached hydrogens (tertiary/aromatic N) is 3. The van der Waals surface area contributed by atoms with Crippen LogP contribution in [0.15, 0.2) is 61.2 Å². The van der Waals surface area contributed by atoms with Crippen molar-refractivity contribution in [2.24, 2.45) is 5.92 Å². The van der Waals surface area contributed by atoms with Gasteiger partial charge in [0.1, 0.15) is 18.4 Å². The van der Waals surface area contributed by atoms with Crippen LogP contribution in [0, 0.1) is 5.92 Å². The number of carbonyl (C=O) groups excluding carboxylic acids is 1. The number of hydrogen-bond acceptors (Lipinski definition) is 4. The standard InChI is InChI=1S/C20H20N4O2/c25-20(17-5-3-6-18(11-17)24-13-22-23-14-24)21-12-15-8-9-26-19-7-2-1-4-16(19)10-15/h1-7,11,13-15H,8-10,12H2,(H,21,25)/t15-/m1/s1. The van der Waals surface area contributed by atoms with Crippen LogP contribution in [0.25, 0.3) is 5.69 Å². The minimum absolute atomic E-state index is 0.0709. The Morgan fingerprint density at radius 1 is 1.15 bits per heavy atom. The first-order valence-corrected chi connectivity index (χ1v) is 8.73. The number of rotatable bonds is 4. The van der Waals surface area contributed by atoms with Gasteiger partial charge in [0.25, 0.3) is 5.91 Å². The summed E-state index contributed by atoms with van der Waals surface area (Å²) in [6, 6.07) is 15.5. The molecule has 1 atom stereocenters. The van der Waals surface area contributed by atoms with Crippen molar-refractivity contribution in [3.05, 3.63) is 72.3 Å². The molecule has 6 heteroatoms. The molecule has 2 heterocycles. The first-order chi connectivity index (χ1) is 12.8. The van der Waals surface area contributed by atoms with E-state index in [4.69, 9.17) is 4.74 Å². The summed E-state index contributed by atoms with van der Waals surface area (Å²) in [5.41, 5.74) is 2.69. The maximum Gasteiger partial charge on any atom is 0.251 e. The number of benzene rings is 2. The summed E-state index contributed by atoms with van der Waals surface area (Å²) in [7, 11) is 0. The minimum atomic E-state index is -0.0709. The molecule has 0 radical (unpaired) electrons. The zero-order valence-electron chi connectivity index (χ0n) is 14.3. The Morgan fingerprint density at radius 2 is 2.00 bits per heavy atom. The Hall–Kier alpha value is -3.15. The van der Waals surface area contributed by atoms with E-state index in [9.17, 15) is 4.79 Å². The molecule has 132 valence electrons. The lowest BCUT2D eigenvalue weighted by Crippen LogP contribution is -2.30. The van der Waals surface area contributed by atoms with Crippen LogP contribution in [0.1, 0.15) is 22.3 Å². The summed E-state index contributed by atoms with van der Waals surface area (Å²) in [6.45, 7) is 1.31. The van der Waals surface area contributed by atoms with Crippen LogP contribution in [-0.2, 0) is 6.42 Å².